The molecule has 1 aromatic rings. The second-order valence-corrected chi connectivity index (χ2v) is 6.48. The van der Waals surface area contributed by atoms with Crippen molar-refractivity contribution in [2.24, 2.45) is 0 Å². The Bertz CT molecular complexity index is 414. The van der Waals surface area contributed by atoms with E-state index in [-0.39, 0.29) is 5.41 Å². The second kappa shape index (κ2) is 6.53. The summed E-state index contributed by atoms with van der Waals surface area (Å²) in [5.74, 6) is 0.495. The van der Waals surface area contributed by atoms with Gasteiger partial charge in [-0.1, -0.05) is 46.8 Å². The van der Waals surface area contributed by atoms with Crippen LogP contribution in [0.2, 0.25) is 0 Å². The summed E-state index contributed by atoms with van der Waals surface area (Å²) in [6.45, 7) is 12.5. The van der Waals surface area contributed by atoms with Gasteiger partial charge < -0.3 is 9.47 Å². The molecule has 0 saturated heterocycles. The number of hydrogen-bond donors (Lipinski definition) is 0. The molecule has 0 aromatic heterocycles. The first-order chi connectivity index (χ1) is 8.81. The molecule has 0 atom stereocenters. The highest BCUT2D eigenvalue weighted by Gasteiger charge is 2.21. The molecule has 0 spiro atoms. The van der Waals surface area contributed by atoms with Gasteiger partial charge in [0.15, 0.2) is 0 Å². The molecule has 2 heteroatoms. The number of ether oxygens (including phenoxy) is 2. The van der Waals surface area contributed by atoms with Crippen LogP contribution in [0.15, 0.2) is 12.1 Å². The fourth-order valence-corrected chi connectivity index (χ4v) is 2.50. The summed E-state index contributed by atoms with van der Waals surface area (Å²) in [4.78, 5) is 0. The van der Waals surface area contributed by atoms with Crippen LogP contribution < -0.4 is 0 Å². The highest BCUT2D eigenvalue weighted by Crippen LogP contribution is 2.32. The molecule has 0 bridgehead atoms. The molecule has 2 nitrogen and oxygen atoms in total. The average Bonchev–Trinajstić information content (AvgIpc) is 2.29. The lowest BCUT2D eigenvalue weighted by Gasteiger charge is -2.26. The average molecular weight is 264 g/mol. The van der Waals surface area contributed by atoms with Gasteiger partial charge in [-0.15, -0.1) is 0 Å². The lowest BCUT2D eigenvalue weighted by atomic mass is 9.80. The molecule has 0 aliphatic rings. The zero-order valence-corrected chi connectivity index (χ0v) is 13.5. The lowest BCUT2D eigenvalue weighted by Crippen LogP contribution is -2.17. The predicted octanol–water partition coefficient (Wildman–Crippen LogP) is 4.40. The van der Waals surface area contributed by atoms with Crippen molar-refractivity contribution in [2.45, 2.75) is 59.2 Å². The molecule has 1 aromatic carbocycles. The monoisotopic (exact) mass is 264 g/mol. The highest BCUT2D eigenvalue weighted by atomic mass is 16.5. The van der Waals surface area contributed by atoms with E-state index in [1.807, 2.05) is 0 Å². The van der Waals surface area contributed by atoms with Gasteiger partial charge >= 0.3 is 0 Å². The number of rotatable bonds is 5. The van der Waals surface area contributed by atoms with Crippen molar-refractivity contribution in [1.29, 1.82) is 0 Å². The van der Waals surface area contributed by atoms with E-state index in [9.17, 15) is 0 Å². The molecule has 0 amide bonds. The minimum atomic E-state index is 0.117. The van der Waals surface area contributed by atoms with Crippen molar-refractivity contribution in [3.8, 4) is 0 Å². The Kier molecular flexibility index (Phi) is 5.57. The zero-order chi connectivity index (χ0) is 14.6. The van der Waals surface area contributed by atoms with Gasteiger partial charge in [-0.25, -0.2) is 0 Å². The van der Waals surface area contributed by atoms with Gasteiger partial charge in [-0.05, 0) is 33.6 Å². The van der Waals surface area contributed by atoms with E-state index in [0.717, 1.165) is 0 Å². The Morgan fingerprint density at radius 2 is 1.47 bits per heavy atom. The maximum atomic E-state index is 5.37. The summed E-state index contributed by atoms with van der Waals surface area (Å²) < 4.78 is 10.7. The van der Waals surface area contributed by atoms with Crippen LogP contribution in [0.4, 0.5) is 0 Å². The molecule has 108 valence electrons. The Morgan fingerprint density at radius 3 is 1.89 bits per heavy atom. The van der Waals surface area contributed by atoms with Crippen LogP contribution >= 0.6 is 0 Å². The van der Waals surface area contributed by atoms with E-state index >= 15 is 0 Å². The largest absolute Gasteiger partial charge is 0.380 e. The van der Waals surface area contributed by atoms with Crippen molar-refractivity contribution in [3.05, 3.63) is 34.4 Å². The lowest BCUT2D eigenvalue weighted by molar-refractivity contribution is 0.180. The normalized spacial score (nSPS) is 12.2. The van der Waals surface area contributed by atoms with Crippen molar-refractivity contribution in [3.63, 3.8) is 0 Å². The molecule has 1 rings (SSSR count). The van der Waals surface area contributed by atoms with Crippen molar-refractivity contribution >= 4 is 0 Å². The molecule has 0 fully saturated rings. The standard InChI is InChI=1S/C17H28O2/c1-12(2)15-8-14(11-19-7)16(17(3,4)5)9-13(15)10-18-6/h8-9,12H,10-11H2,1-7H3. The summed E-state index contributed by atoms with van der Waals surface area (Å²) in [6.07, 6.45) is 0. The zero-order valence-electron chi connectivity index (χ0n) is 13.5. The van der Waals surface area contributed by atoms with E-state index in [2.05, 4.69) is 46.8 Å². The van der Waals surface area contributed by atoms with E-state index in [1.165, 1.54) is 22.3 Å². The molecular formula is C17H28O2. The summed E-state index contributed by atoms with van der Waals surface area (Å²) >= 11 is 0. The maximum absolute atomic E-state index is 5.37. The van der Waals surface area contributed by atoms with Crippen LogP contribution in [0.25, 0.3) is 0 Å². The van der Waals surface area contributed by atoms with Gasteiger partial charge in [0.25, 0.3) is 0 Å². The van der Waals surface area contributed by atoms with Gasteiger partial charge in [0.2, 0.25) is 0 Å². The first kappa shape index (κ1) is 16.2. The molecule has 0 aliphatic heterocycles. The van der Waals surface area contributed by atoms with E-state index in [4.69, 9.17) is 9.47 Å². The van der Waals surface area contributed by atoms with Gasteiger partial charge in [-0.2, -0.15) is 0 Å². The Balaban J connectivity index is 3.41. The third-order valence-corrected chi connectivity index (χ3v) is 3.39. The minimum absolute atomic E-state index is 0.117. The first-order valence-electron chi connectivity index (χ1n) is 6.95. The van der Waals surface area contributed by atoms with Crippen LogP contribution in [0.1, 0.15) is 62.8 Å². The maximum Gasteiger partial charge on any atom is 0.0716 e. The minimum Gasteiger partial charge on any atom is -0.380 e. The molecule has 0 heterocycles. The molecule has 0 radical (unpaired) electrons. The smallest absolute Gasteiger partial charge is 0.0716 e. The fraction of sp³-hybridized carbons (Fsp3) is 0.647. The van der Waals surface area contributed by atoms with Crippen LogP contribution in [-0.4, -0.2) is 14.2 Å². The van der Waals surface area contributed by atoms with Crippen molar-refractivity contribution in [2.75, 3.05) is 14.2 Å². The fourth-order valence-electron chi connectivity index (χ4n) is 2.50. The summed E-state index contributed by atoms with van der Waals surface area (Å²) in [7, 11) is 3.51. The molecular weight excluding hydrogens is 236 g/mol. The molecule has 19 heavy (non-hydrogen) atoms. The van der Waals surface area contributed by atoms with Gasteiger partial charge in [0.05, 0.1) is 13.2 Å². The number of hydrogen-bond acceptors (Lipinski definition) is 2. The summed E-state index contributed by atoms with van der Waals surface area (Å²) in [5.41, 5.74) is 5.42. The van der Waals surface area contributed by atoms with E-state index in [0.29, 0.717) is 19.1 Å². The van der Waals surface area contributed by atoms with Crippen molar-refractivity contribution in [1.82, 2.24) is 0 Å². The number of methoxy groups -OCH3 is 2. The van der Waals surface area contributed by atoms with Crippen LogP contribution in [0.3, 0.4) is 0 Å². The third-order valence-electron chi connectivity index (χ3n) is 3.39. The van der Waals surface area contributed by atoms with E-state index in [1.54, 1.807) is 14.2 Å². The van der Waals surface area contributed by atoms with Gasteiger partial charge in [-0.3, -0.25) is 0 Å². The van der Waals surface area contributed by atoms with Gasteiger partial charge in [0, 0.05) is 14.2 Å². The summed E-state index contributed by atoms with van der Waals surface area (Å²) in [6, 6.07) is 4.59. The van der Waals surface area contributed by atoms with Crippen LogP contribution in [0, 0.1) is 0 Å². The predicted molar refractivity (Wildman–Crippen MR) is 80.7 cm³/mol. The third kappa shape index (κ3) is 4.05. The Hall–Kier alpha value is -0.860. The molecule has 0 N–H and O–H groups in total. The SMILES string of the molecule is COCc1cc(C(C)(C)C)c(COC)cc1C(C)C. The molecule has 0 unspecified atom stereocenters. The van der Waals surface area contributed by atoms with Crippen LogP contribution in [-0.2, 0) is 28.1 Å². The quantitative estimate of drug-likeness (QED) is 0.784. The first-order valence-corrected chi connectivity index (χ1v) is 6.95. The Labute approximate surface area is 118 Å². The Morgan fingerprint density at radius 1 is 0.947 bits per heavy atom. The van der Waals surface area contributed by atoms with Crippen LogP contribution in [0.5, 0.6) is 0 Å². The topological polar surface area (TPSA) is 18.5 Å². The summed E-state index contributed by atoms with van der Waals surface area (Å²) in [5, 5.41) is 0. The van der Waals surface area contributed by atoms with E-state index < -0.39 is 0 Å². The number of benzene rings is 1. The highest BCUT2D eigenvalue weighted by molar-refractivity contribution is 5.42. The van der Waals surface area contributed by atoms with Gasteiger partial charge in [0.1, 0.15) is 0 Å². The molecule has 0 saturated carbocycles. The van der Waals surface area contributed by atoms with Crippen molar-refractivity contribution < 1.29 is 9.47 Å². The second-order valence-electron chi connectivity index (χ2n) is 6.48. The molecule has 0 aliphatic carbocycles.